The maximum absolute atomic E-state index is 12.3. The Morgan fingerprint density at radius 3 is 2.62 bits per heavy atom. The predicted molar refractivity (Wildman–Crippen MR) is 51.9 cm³/mol. The Hall–Kier alpha value is -1.78. The van der Waals surface area contributed by atoms with Crippen molar-refractivity contribution in [2.45, 2.75) is 12.6 Å². The van der Waals surface area contributed by atoms with E-state index in [9.17, 15) is 18.0 Å². The van der Waals surface area contributed by atoms with E-state index < -0.39 is 17.7 Å². The number of carboxylic acids is 1. The molecule has 0 radical (unpaired) electrons. The number of allylic oxidation sites excluding steroid dienone is 1. The maximum Gasteiger partial charge on any atom is 0.416 e. The van der Waals surface area contributed by atoms with Crippen LogP contribution in [0.15, 0.2) is 36.4 Å². The first kappa shape index (κ1) is 12.3. The van der Waals surface area contributed by atoms with Gasteiger partial charge in [0, 0.05) is 6.08 Å². The molecule has 16 heavy (non-hydrogen) atoms. The zero-order valence-electron chi connectivity index (χ0n) is 8.16. The van der Waals surface area contributed by atoms with Crippen LogP contribution in [0.2, 0.25) is 0 Å². The highest BCUT2D eigenvalue weighted by Crippen LogP contribution is 2.29. The molecule has 0 spiro atoms. The molecule has 86 valence electrons. The molecular weight excluding hydrogens is 221 g/mol. The molecule has 0 heterocycles. The first-order valence-corrected chi connectivity index (χ1v) is 4.45. The lowest BCUT2D eigenvalue weighted by molar-refractivity contribution is -0.137. The average molecular weight is 230 g/mol. The molecule has 0 bridgehead atoms. The molecule has 0 atom stereocenters. The van der Waals surface area contributed by atoms with Gasteiger partial charge < -0.3 is 5.11 Å². The van der Waals surface area contributed by atoms with Gasteiger partial charge in [0.25, 0.3) is 0 Å². The Morgan fingerprint density at radius 2 is 2.06 bits per heavy atom. The molecule has 1 rings (SSSR count). The molecule has 1 N–H and O–H groups in total. The largest absolute Gasteiger partial charge is 0.478 e. The molecule has 0 aromatic heterocycles. The average Bonchev–Trinajstić information content (AvgIpc) is 2.16. The molecule has 1 aromatic carbocycles. The molecule has 0 saturated heterocycles. The molecule has 0 saturated carbocycles. The van der Waals surface area contributed by atoms with Crippen molar-refractivity contribution in [3.8, 4) is 0 Å². The van der Waals surface area contributed by atoms with Crippen molar-refractivity contribution in [2.24, 2.45) is 0 Å². The smallest absolute Gasteiger partial charge is 0.416 e. The van der Waals surface area contributed by atoms with Crippen molar-refractivity contribution in [1.29, 1.82) is 0 Å². The minimum atomic E-state index is -4.37. The van der Waals surface area contributed by atoms with Crippen LogP contribution in [0.5, 0.6) is 0 Å². The fourth-order valence-corrected chi connectivity index (χ4v) is 1.17. The third-order valence-electron chi connectivity index (χ3n) is 1.87. The van der Waals surface area contributed by atoms with Gasteiger partial charge in [0.1, 0.15) is 0 Å². The maximum atomic E-state index is 12.3. The number of carboxylic acid groups (broad SMARTS) is 1. The molecule has 0 aliphatic heterocycles. The molecular formula is C11H9F3O2. The van der Waals surface area contributed by atoms with E-state index in [0.717, 1.165) is 18.2 Å². The van der Waals surface area contributed by atoms with E-state index >= 15 is 0 Å². The number of hydrogen-bond donors (Lipinski definition) is 1. The van der Waals surface area contributed by atoms with Gasteiger partial charge in [-0.3, -0.25) is 0 Å². The fourth-order valence-electron chi connectivity index (χ4n) is 1.17. The lowest BCUT2D eigenvalue weighted by atomic mass is 10.1. The highest BCUT2D eigenvalue weighted by molar-refractivity contribution is 5.79. The Balaban J connectivity index is 2.79. The monoisotopic (exact) mass is 230 g/mol. The van der Waals surface area contributed by atoms with E-state index in [2.05, 4.69) is 0 Å². The second-order valence-electron chi connectivity index (χ2n) is 3.14. The number of hydrogen-bond acceptors (Lipinski definition) is 1. The molecule has 0 aliphatic rings. The zero-order chi connectivity index (χ0) is 12.2. The van der Waals surface area contributed by atoms with Gasteiger partial charge >= 0.3 is 12.1 Å². The summed E-state index contributed by atoms with van der Waals surface area (Å²) in [7, 11) is 0. The van der Waals surface area contributed by atoms with Crippen LogP contribution in [0.25, 0.3) is 0 Å². The molecule has 1 aromatic rings. The molecule has 5 heteroatoms. The van der Waals surface area contributed by atoms with Gasteiger partial charge in [-0.25, -0.2) is 4.79 Å². The van der Waals surface area contributed by atoms with Crippen LogP contribution in [0, 0.1) is 0 Å². The summed E-state index contributed by atoms with van der Waals surface area (Å²) in [5, 5.41) is 8.31. The Kier molecular flexibility index (Phi) is 3.71. The predicted octanol–water partition coefficient (Wildman–Crippen LogP) is 2.89. The summed E-state index contributed by atoms with van der Waals surface area (Å²) in [6, 6.07) is 4.80. The number of benzene rings is 1. The van der Waals surface area contributed by atoms with Crippen LogP contribution in [0.4, 0.5) is 13.2 Å². The highest BCUT2D eigenvalue weighted by Gasteiger charge is 2.30. The minimum Gasteiger partial charge on any atom is -0.478 e. The van der Waals surface area contributed by atoms with E-state index in [-0.39, 0.29) is 6.42 Å². The summed E-state index contributed by atoms with van der Waals surface area (Å²) in [5.41, 5.74) is -0.305. The first-order chi connectivity index (χ1) is 7.39. The molecule has 0 amide bonds. The summed E-state index contributed by atoms with van der Waals surface area (Å²) >= 11 is 0. The second-order valence-corrected chi connectivity index (χ2v) is 3.14. The number of carbonyl (C=O) groups is 1. The number of halogens is 3. The van der Waals surface area contributed by atoms with Crippen molar-refractivity contribution in [1.82, 2.24) is 0 Å². The summed E-state index contributed by atoms with van der Waals surface area (Å²) in [6.07, 6.45) is -2.00. The van der Waals surface area contributed by atoms with Crippen LogP contribution < -0.4 is 0 Å². The third-order valence-corrected chi connectivity index (χ3v) is 1.87. The quantitative estimate of drug-likeness (QED) is 0.810. The zero-order valence-corrected chi connectivity index (χ0v) is 8.16. The lowest BCUT2D eigenvalue weighted by Gasteiger charge is -2.07. The van der Waals surface area contributed by atoms with Crippen molar-refractivity contribution in [3.63, 3.8) is 0 Å². The number of aliphatic carboxylic acids is 1. The minimum absolute atomic E-state index is 0.163. The van der Waals surface area contributed by atoms with Gasteiger partial charge in [-0.15, -0.1) is 0 Å². The van der Waals surface area contributed by atoms with E-state index in [1.54, 1.807) is 0 Å². The van der Waals surface area contributed by atoms with Gasteiger partial charge in [-0.1, -0.05) is 24.3 Å². The molecule has 0 unspecified atom stereocenters. The second kappa shape index (κ2) is 4.83. The summed E-state index contributed by atoms with van der Waals surface area (Å²) in [4.78, 5) is 10.1. The van der Waals surface area contributed by atoms with Crippen molar-refractivity contribution in [2.75, 3.05) is 0 Å². The van der Waals surface area contributed by atoms with Gasteiger partial charge in [-0.2, -0.15) is 13.2 Å². The van der Waals surface area contributed by atoms with Gasteiger partial charge in [0.2, 0.25) is 0 Å². The van der Waals surface area contributed by atoms with E-state index in [0.29, 0.717) is 5.56 Å². The topological polar surface area (TPSA) is 37.3 Å². The van der Waals surface area contributed by atoms with Crippen LogP contribution >= 0.6 is 0 Å². The SMILES string of the molecule is O=C(O)C=CCc1cccc(C(F)(F)F)c1. The van der Waals surface area contributed by atoms with E-state index in [4.69, 9.17) is 5.11 Å². The standard InChI is InChI=1S/C11H9F3O2/c12-11(13,14)9-5-1-3-8(7-9)4-2-6-10(15)16/h1-3,5-7H,4H2,(H,15,16). The first-order valence-electron chi connectivity index (χ1n) is 4.45. The van der Waals surface area contributed by atoms with Crippen molar-refractivity contribution in [3.05, 3.63) is 47.5 Å². The summed E-state index contributed by atoms with van der Waals surface area (Å²) in [5.74, 6) is -1.12. The fraction of sp³-hybridized carbons (Fsp3) is 0.182. The lowest BCUT2D eigenvalue weighted by Crippen LogP contribution is -2.05. The van der Waals surface area contributed by atoms with Gasteiger partial charge in [-0.05, 0) is 18.1 Å². The number of alkyl halides is 3. The normalized spacial score (nSPS) is 11.9. The molecule has 2 nitrogen and oxygen atoms in total. The molecule has 0 fully saturated rings. The summed E-state index contributed by atoms with van der Waals surface area (Å²) in [6.45, 7) is 0. The summed E-state index contributed by atoms with van der Waals surface area (Å²) < 4.78 is 36.9. The third kappa shape index (κ3) is 3.76. The Labute approximate surface area is 90.0 Å². The van der Waals surface area contributed by atoms with Gasteiger partial charge in [0.15, 0.2) is 0 Å². The van der Waals surface area contributed by atoms with Crippen LogP contribution in [0.1, 0.15) is 11.1 Å². The number of rotatable bonds is 3. The van der Waals surface area contributed by atoms with E-state index in [1.165, 1.54) is 18.2 Å². The highest BCUT2D eigenvalue weighted by atomic mass is 19.4. The van der Waals surface area contributed by atoms with Gasteiger partial charge in [0.05, 0.1) is 5.56 Å². The van der Waals surface area contributed by atoms with Crippen LogP contribution in [-0.2, 0) is 17.4 Å². The van der Waals surface area contributed by atoms with Crippen molar-refractivity contribution >= 4 is 5.97 Å². The van der Waals surface area contributed by atoms with Crippen molar-refractivity contribution < 1.29 is 23.1 Å². The van der Waals surface area contributed by atoms with Crippen LogP contribution in [0.3, 0.4) is 0 Å². The van der Waals surface area contributed by atoms with Crippen LogP contribution in [-0.4, -0.2) is 11.1 Å². The molecule has 0 aliphatic carbocycles. The Morgan fingerprint density at radius 1 is 1.38 bits per heavy atom. The van der Waals surface area contributed by atoms with E-state index in [1.807, 2.05) is 0 Å². The Bertz CT molecular complexity index is 408.